The van der Waals surface area contributed by atoms with Crippen LogP contribution in [0.15, 0.2) is 24.5 Å². The van der Waals surface area contributed by atoms with Gasteiger partial charge < -0.3 is 14.8 Å². The predicted molar refractivity (Wildman–Crippen MR) is 104 cm³/mol. The van der Waals surface area contributed by atoms with Crippen LogP contribution in [0.4, 0.5) is 17.6 Å². The Hall–Kier alpha value is -3.21. The molecule has 1 aliphatic heterocycles. The monoisotopic (exact) mass is 362 g/mol. The number of aryl methyl sites for hydroxylation is 1. The van der Waals surface area contributed by atoms with Gasteiger partial charge in [-0.1, -0.05) is 0 Å². The lowest BCUT2D eigenvalue weighted by Crippen LogP contribution is -2.22. The first kappa shape index (κ1) is 17.2. The molecule has 4 heterocycles. The number of imidazole rings is 1. The van der Waals surface area contributed by atoms with E-state index in [1.54, 1.807) is 12.4 Å². The summed E-state index contributed by atoms with van der Waals surface area (Å²) in [5, 5.41) is 12.4. The summed E-state index contributed by atoms with van der Waals surface area (Å²) in [4.78, 5) is 20.0. The van der Waals surface area contributed by atoms with Crippen LogP contribution in [0.5, 0.6) is 0 Å². The number of nitrogens with one attached hydrogen (secondary N) is 1. The zero-order valence-electron chi connectivity index (χ0n) is 15.7. The van der Waals surface area contributed by atoms with Crippen molar-refractivity contribution in [2.75, 3.05) is 23.3 Å². The molecule has 1 aliphatic rings. The normalized spacial score (nSPS) is 16.9. The minimum absolute atomic E-state index is 0.0499. The Bertz CT molecular complexity index is 1020. The van der Waals surface area contributed by atoms with Crippen molar-refractivity contribution in [3.63, 3.8) is 0 Å². The summed E-state index contributed by atoms with van der Waals surface area (Å²) >= 11 is 0. The van der Waals surface area contributed by atoms with Crippen molar-refractivity contribution in [1.29, 1.82) is 5.26 Å². The minimum atomic E-state index is 0.0499. The van der Waals surface area contributed by atoms with Gasteiger partial charge in [0.05, 0.1) is 23.7 Å². The van der Waals surface area contributed by atoms with Gasteiger partial charge in [-0.05, 0) is 33.3 Å². The van der Waals surface area contributed by atoms with Crippen LogP contribution < -0.4 is 10.2 Å². The summed E-state index contributed by atoms with van der Waals surface area (Å²) in [6, 6.07) is 6.46. The Kier molecular flexibility index (Phi) is 4.36. The number of aromatic nitrogens is 5. The first-order valence-corrected chi connectivity index (χ1v) is 9.14. The van der Waals surface area contributed by atoms with Gasteiger partial charge in [0.25, 0.3) is 0 Å². The highest BCUT2D eigenvalue weighted by Gasteiger charge is 2.24. The molecule has 1 saturated heterocycles. The molecule has 27 heavy (non-hydrogen) atoms. The maximum atomic E-state index is 9.08. The van der Waals surface area contributed by atoms with Gasteiger partial charge in [0.15, 0.2) is 0 Å². The molecular weight excluding hydrogens is 340 g/mol. The van der Waals surface area contributed by atoms with E-state index in [0.29, 0.717) is 30.2 Å². The SMILES string of the molecule is Cc1nc2cnc(Nc3ccnc(N4CC[C@H](C#N)C4)n3)cc2n1C(C)C. The summed E-state index contributed by atoms with van der Waals surface area (Å²) in [5.41, 5.74) is 1.93. The lowest BCUT2D eigenvalue weighted by molar-refractivity contribution is 0.600. The molecule has 0 saturated carbocycles. The van der Waals surface area contributed by atoms with Crippen molar-refractivity contribution in [2.45, 2.75) is 33.2 Å². The number of nitrogens with zero attached hydrogens (tertiary/aromatic N) is 7. The van der Waals surface area contributed by atoms with Crippen molar-refractivity contribution in [2.24, 2.45) is 5.92 Å². The van der Waals surface area contributed by atoms with E-state index < -0.39 is 0 Å². The van der Waals surface area contributed by atoms with E-state index in [4.69, 9.17) is 5.26 Å². The molecule has 1 fully saturated rings. The summed E-state index contributed by atoms with van der Waals surface area (Å²) in [5.74, 6) is 3.06. The molecule has 3 aromatic heterocycles. The fourth-order valence-corrected chi connectivity index (χ4v) is 3.59. The third-order valence-corrected chi connectivity index (χ3v) is 4.82. The van der Waals surface area contributed by atoms with Gasteiger partial charge >= 0.3 is 0 Å². The molecule has 0 bridgehead atoms. The maximum absolute atomic E-state index is 9.08. The van der Waals surface area contributed by atoms with Crippen molar-refractivity contribution in [3.8, 4) is 6.07 Å². The van der Waals surface area contributed by atoms with E-state index in [0.717, 1.165) is 29.8 Å². The van der Waals surface area contributed by atoms with Crippen LogP contribution in [0.3, 0.4) is 0 Å². The molecule has 0 radical (unpaired) electrons. The second-order valence-electron chi connectivity index (χ2n) is 7.11. The number of anilines is 3. The molecule has 138 valence electrons. The van der Waals surface area contributed by atoms with Crippen molar-refractivity contribution >= 4 is 28.6 Å². The molecule has 8 nitrogen and oxygen atoms in total. The van der Waals surface area contributed by atoms with Crippen LogP contribution in [0.1, 0.15) is 32.1 Å². The lowest BCUT2D eigenvalue weighted by Gasteiger charge is -2.16. The Morgan fingerprint density at radius 1 is 1.26 bits per heavy atom. The quantitative estimate of drug-likeness (QED) is 0.761. The van der Waals surface area contributed by atoms with Gasteiger partial charge in [0, 0.05) is 31.4 Å². The molecule has 0 aromatic carbocycles. The smallest absolute Gasteiger partial charge is 0.227 e. The number of pyridine rings is 1. The fraction of sp³-hybridized carbons (Fsp3) is 0.421. The molecule has 0 spiro atoms. The fourth-order valence-electron chi connectivity index (χ4n) is 3.59. The Labute approximate surface area is 157 Å². The number of hydrogen-bond acceptors (Lipinski definition) is 7. The van der Waals surface area contributed by atoms with Gasteiger partial charge in [-0.3, -0.25) is 0 Å². The second kappa shape index (κ2) is 6.83. The van der Waals surface area contributed by atoms with E-state index in [-0.39, 0.29) is 5.92 Å². The predicted octanol–water partition coefficient (Wildman–Crippen LogP) is 3.20. The molecule has 0 unspecified atom stereocenters. The first-order valence-electron chi connectivity index (χ1n) is 9.14. The number of hydrogen-bond donors (Lipinski definition) is 1. The molecule has 0 amide bonds. The third-order valence-electron chi connectivity index (χ3n) is 4.82. The van der Waals surface area contributed by atoms with Gasteiger partial charge in [-0.2, -0.15) is 10.2 Å². The third kappa shape index (κ3) is 3.28. The van der Waals surface area contributed by atoms with E-state index in [1.165, 1.54) is 0 Å². The average Bonchev–Trinajstić information content (AvgIpc) is 3.25. The molecule has 8 heteroatoms. The number of nitriles is 1. The van der Waals surface area contributed by atoms with Crippen molar-refractivity contribution in [1.82, 2.24) is 24.5 Å². The molecule has 0 aliphatic carbocycles. The van der Waals surface area contributed by atoms with Gasteiger partial charge in [-0.25, -0.2) is 15.0 Å². The standard InChI is InChI=1S/C19H22N8/c1-12(2)27-13(3)23-15-10-22-18(8-16(15)27)24-17-4-6-21-19(25-17)26-7-5-14(9-20)11-26/h4,6,8,10,12,14H,5,7,11H2,1-3H3,(H,21,22,24,25)/t14-/m1/s1. The summed E-state index contributed by atoms with van der Waals surface area (Å²) in [6.45, 7) is 7.77. The average molecular weight is 362 g/mol. The van der Waals surface area contributed by atoms with Crippen LogP contribution in [0.25, 0.3) is 11.0 Å². The van der Waals surface area contributed by atoms with E-state index in [1.807, 2.05) is 24.0 Å². The van der Waals surface area contributed by atoms with Gasteiger partial charge in [-0.15, -0.1) is 0 Å². The minimum Gasteiger partial charge on any atom is -0.339 e. The topological polar surface area (TPSA) is 95.6 Å². The van der Waals surface area contributed by atoms with E-state index >= 15 is 0 Å². The van der Waals surface area contributed by atoms with Crippen LogP contribution in [0, 0.1) is 24.2 Å². The Morgan fingerprint density at radius 3 is 2.85 bits per heavy atom. The van der Waals surface area contributed by atoms with Gasteiger partial charge in [0.2, 0.25) is 5.95 Å². The lowest BCUT2D eigenvalue weighted by atomic mass is 10.1. The Morgan fingerprint density at radius 2 is 2.11 bits per heavy atom. The van der Waals surface area contributed by atoms with Gasteiger partial charge in [0.1, 0.15) is 23.0 Å². The largest absolute Gasteiger partial charge is 0.339 e. The summed E-state index contributed by atoms with van der Waals surface area (Å²) < 4.78 is 2.19. The molecule has 1 atom stereocenters. The zero-order valence-corrected chi connectivity index (χ0v) is 15.7. The van der Waals surface area contributed by atoms with Crippen LogP contribution >= 0.6 is 0 Å². The molecular formula is C19H22N8. The maximum Gasteiger partial charge on any atom is 0.227 e. The number of fused-ring (bicyclic) bond motifs is 1. The zero-order chi connectivity index (χ0) is 19.0. The summed E-state index contributed by atoms with van der Waals surface area (Å²) in [6.07, 6.45) is 4.36. The van der Waals surface area contributed by atoms with Crippen LogP contribution in [-0.2, 0) is 0 Å². The van der Waals surface area contributed by atoms with Crippen LogP contribution in [0.2, 0.25) is 0 Å². The van der Waals surface area contributed by atoms with E-state index in [2.05, 4.69) is 49.7 Å². The van der Waals surface area contributed by atoms with Crippen molar-refractivity contribution in [3.05, 3.63) is 30.4 Å². The highest BCUT2D eigenvalue weighted by molar-refractivity contribution is 5.79. The second-order valence-corrected chi connectivity index (χ2v) is 7.11. The van der Waals surface area contributed by atoms with E-state index in [9.17, 15) is 0 Å². The highest BCUT2D eigenvalue weighted by atomic mass is 15.3. The Balaban J connectivity index is 1.60. The number of rotatable bonds is 4. The first-order chi connectivity index (χ1) is 13.0. The highest BCUT2D eigenvalue weighted by Crippen LogP contribution is 2.25. The summed E-state index contributed by atoms with van der Waals surface area (Å²) in [7, 11) is 0. The van der Waals surface area contributed by atoms with Crippen LogP contribution in [-0.4, -0.2) is 37.6 Å². The van der Waals surface area contributed by atoms with Crippen molar-refractivity contribution < 1.29 is 0 Å². The molecule has 3 aromatic rings. The molecule has 1 N–H and O–H groups in total. The molecule has 4 rings (SSSR count).